The van der Waals surface area contributed by atoms with Crippen molar-refractivity contribution in [3.8, 4) is 0 Å². The second-order valence-electron chi connectivity index (χ2n) is 3.00. The lowest BCUT2D eigenvalue weighted by atomic mass is 10.1. The maximum Gasteiger partial charge on any atom is 0.264 e. The fourth-order valence-electron chi connectivity index (χ4n) is 1.21. The normalized spacial score (nSPS) is 9.87. The summed E-state index contributed by atoms with van der Waals surface area (Å²) in [6, 6.07) is 11.5. The van der Waals surface area contributed by atoms with Gasteiger partial charge in [-0.15, -0.1) is 0 Å². The predicted molar refractivity (Wildman–Crippen MR) is 54.7 cm³/mol. The molecule has 1 N–H and O–H groups in total. The molecule has 0 fully saturated rings. The van der Waals surface area contributed by atoms with Gasteiger partial charge in [0.1, 0.15) is 5.69 Å². The fourth-order valence-corrected chi connectivity index (χ4v) is 1.21. The van der Waals surface area contributed by atoms with E-state index in [0.29, 0.717) is 5.56 Å². The molecule has 1 aromatic carbocycles. The van der Waals surface area contributed by atoms with Crippen molar-refractivity contribution in [1.29, 1.82) is 0 Å². The maximum atomic E-state index is 11.8. The molecule has 0 unspecified atom stereocenters. The first-order chi connectivity index (χ1) is 7.27. The van der Waals surface area contributed by atoms with Crippen molar-refractivity contribution in [2.45, 2.75) is 0 Å². The second-order valence-corrected chi connectivity index (χ2v) is 3.00. The number of nitrogens with one attached hydrogen (secondary N) is 1. The molecule has 4 nitrogen and oxygen atoms in total. The van der Waals surface area contributed by atoms with Gasteiger partial charge in [0, 0.05) is 11.6 Å². The minimum Gasteiger partial charge on any atom is -0.287 e. The molecule has 15 heavy (non-hydrogen) atoms. The van der Waals surface area contributed by atoms with Gasteiger partial charge in [-0.2, -0.15) is 5.10 Å². The molecule has 0 aliphatic rings. The van der Waals surface area contributed by atoms with Gasteiger partial charge in [-0.05, 0) is 6.07 Å². The molecule has 1 heterocycles. The minimum atomic E-state index is -0.320. The van der Waals surface area contributed by atoms with Gasteiger partial charge in [-0.3, -0.25) is 9.59 Å². The van der Waals surface area contributed by atoms with Crippen LogP contribution < -0.4 is 5.56 Å². The summed E-state index contributed by atoms with van der Waals surface area (Å²) in [5.41, 5.74) is 0.470. The van der Waals surface area contributed by atoms with Crippen LogP contribution in [-0.2, 0) is 0 Å². The molecule has 0 saturated heterocycles. The molecule has 2 rings (SSSR count). The van der Waals surface area contributed by atoms with Gasteiger partial charge in [-0.1, -0.05) is 30.3 Å². The first kappa shape index (κ1) is 9.33. The van der Waals surface area contributed by atoms with Crippen molar-refractivity contribution >= 4 is 5.78 Å². The molecule has 0 bridgehead atoms. The molecule has 4 heteroatoms. The summed E-state index contributed by atoms with van der Waals surface area (Å²) in [5, 5.41) is 5.89. The Morgan fingerprint density at radius 1 is 1.07 bits per heavy atom. The number of nitrogens with zero attached hydrogens (tertiary/aromatic N) is 1. The molecule has 1 aromatic heterocycles. The Morgan fingerprint density at radius 3 is 2.40 bits per heavy atom. The molecule has 74 valence electrons. The molecule has 2 aromatic rings. The Bertz CT molecular complexity index is 511. The van der Waals surface area contributed by atoms with Crippen LogP contribution in [0, 0.1) is 0 Å². The summed E-state index contributed by atoms with van der Waals surface area (Å²) in [5.74, 6) is -0.202. The second kappa shape index (κ2) is 3.88. The lowest BCUT2D eigenvalue weighted by molar-refractivity contribution is 0.103. The van der Waals surface area contributed by atoms with Gasteiger partial charge in [0.2, 0.25) is 5.78 Å². The molecule has 0 aliphatic heterocycles. The van der Waals surface area contributed by atoms with Crippen LogP contribution in [0.2, 0.25) is 0 Å². The summed E-state index contributed by atoms with van der Waals surface area (Å²) in [4.78, 5) is 22.5. The van der Waals surface area contributed by atoms with E-state index < -0.39 is 0 Å². The van der Waals surface area contributed by atoms with Crippen molar-refractivity contribution in [3.05, 3.63) is 64.1 Å². The van der Waals surface area contributed by atoms with E-state index in [1.54, 1.807) is 24.3 Å². The molecule has 0 atom stereocenters. The topological polar surface area (TPSA) is 62.8 Å². The third-order valence-corrected chi connectivity index (χ3v) is 1.95. The summed E-state index contributed by atoms with van der Waals surface area (Å²) in [6.45, 7) is 0. The number of aromatic amines is 1. The molecule has 0 spiro atoms. The number of H-pyrrole nitrogens is 1. The largest absolute Gasteiger partial charge is 0.287 e. The van der Waals surface area contributed by atoms with Crippen molar-refractivity contribution < 1.29 is 4.79 Å². The van der Waals surface area contributed by atoms with E-state index in [2.05, 4.69) is 10.2 Å². The zero-order chi connectivity index (χ0) is 10.7. The Morgan fingerprint density at radius 2 is 1.80 bits per heavy atom. The molecular formula is C11H8N2O2. The van der Waals surface area contributed by atoms with Gasteiger partial charge in [0.05, 0.1) is 0 Å². The number of rotatable bonds is 2. The first-order valence-electron chi connectivity index (χ1n) is 4.43. The van der Waals surface area contributed by atoms with Crippen LogP contribution in [0.4, 0.5) is 0 Å². The number of carbonyl (C=O) groups excluding carboxylic acids is 1. The number of benzene rings is 1. The third kappa shape index (κ3) is 1.99. The van der Waals surface area contributed by atoms with Gasteiger partial charge in [0.15, 0.2) is 0 Å². The fraction of sp³-hybridized carbons (Fsp3) is 0. The third-order valence-electron chi connectivity index (χ3n) is 1.95. The smallest absolute Gasteiger partial charge is 0.264 e. The highest BCUT2D eigenvalue weighted by molar-refractivity contribution is 6.07. The van der Waals surface area contributed by atoms with Crippen molar-refractivity contribution in [3.63, 3.8) is 0 Å². The maximum absolute atomic E-state index is 11.8. The van der Waals surface area contributed by atoms with Crippen LogP contribution in [0.25, 0.3) is 0 Å². The van der Waals surface area contributed by atoms with E-state index in [4.69, 9.17) is 0 Å². The SMILES string of the molecule is O=C(c1ccccc1)c1ccc(=O)[nH]n1. The van der Waals surface area contributed by atoms with Crippen LogP contribution in [0.1, 0.15) is 16.1 Å². The summed E-state index contributed by atoms with van der Waals surface area (Å²) < 4.78 is 0. The van der Waals surface area contributed by atoms with Crippen LogP contribution in [-0.4, -0.2) is 16.0 Å². The van der Waals surface area contributed by atoms with Crippen LogP contribution in [0.5, 0.6) is 0 Å². The lowest BCUT2D eigenvalue weighted by Crippen LogP contribution is -2.11. The van der Waals surface area contributed by atoms with Crippen LogP contribution in [0.15, 0.2) is 47.3 Å². The van der Waals surface area contributed by atoms with E-state index in [1.165, 1.54) is 12.1 Å². The average molecular weight is 200 g/mol. The standard InChI is InChI=1S/C11H8N2O2/c14-10-7-6-9(12-13-10)11(15)8-4-2-1-3-5-8/h1-7H,(H,13,14). The highest BCUT2D eigenvalue weighted by atomic mass is 16.1. The highest BCUT2D eigenvalue weighted by Gasteiger charge is 2.09. The average Bonchev–Trinajstić information content (AvgIpc) is 2.30. The van der Waals surface area contributed by atoms with Gasteiger partial charge < -0.3 is 0 Å². The van der Waals surface area contributed by atoms with E-state index in [1.807, 2.05) is 6.07 Å². The zero-order valence-electron chi connectivity index (χ0n) is 7.81. The van der Waals surface area contributed by atoms with E-state index in [-0.39, 0.29) is 17.0 Å². The van der Waals surface area contributed by atoms with E-state index >= 15 is 0 Å². The minimum absolute atomic E-state index is 0.202. The summed E-state index contributed by atoms with van der Waals surface area (Å²) >= 11 is 0. The molecule has 0 amide bonds. The summed E-state index contributed by atoms with van der Waals surface area (Å²) in [7, 11) is 0. The lowest BCUT2D eigenvalue weighted by Gasteiger charge is -1.97. The van der Waals surface area contributed by atoms with E-state index in [0.717, 1.165) is 0 Å². The summed E-state index contributed by atoms with van der Waals surface area (Å²) in [6.07, 6.45) is 0. The Kier molecular flexibility index (Phi) is 2.41. The molecule has 0 aliphatic carbocycles. The number of aromatic nitrogens is 2. The van der Waals surface area contributed by atoms with Gasteiger partial charge in [0.25, 0.3) is 5.56 Å². The van der Waals surface area contributed by atoms with Gasteiger partial charge >= 0.3 is 0 Å². The van der Waals surface area contributed by atoms with Crippen molar-refractivity contribution in [2.24, 2.45) is 0 Å². The molecular weight excluding hydrogens is 192 g/mol. The zero-order valence-corrected chi connectivity index (χ0v) is 7.81. The number of ketones is 1. The number of hydrogen-bond acceptors (Lipinski definition) is 3. The number of carbonyl (C=O) groups is 1. The number of hydrogen-bond donors (Lipinski definition) is 1. The molecule has 0 saturated carbocycles. The Balaban J connectivity index is 2.37. The van der Waals surface area contributed by atoms with Crippen LogP contribution in [0.3, 0.4) is 0 Å². The van der Waals surface area contributed by atoms with Crippen molar-refractivity contribution in [2.75, 3.05) is 0 Å². The molecule has 0 radical (unpaired) electrons. The van der Waals surface area contributed by atoms with Crippen molar-refractivity contribution in [1.82, 2.24) is 10.2 Å². The Hall–Kier alpha value is -2.23. The predicted octanol–water partition coefficient (Wildman–Crippen LogP) is 1.00. The monoisotopic (exact) mass is 200 g/mol. The Labute approximate surface area is 85.6 Å². The van der Waals surface area contributed by atoms with Crippen LogP contribution >= 0.6 is 0 Å². The quantitative estimate of drug-likeness (QED) is 0.735. The first-order valence-corrected chi connectivity index (χ1v) is 4.43. The highest BCUT2D eigenvalue weighted by Crippen LogP contribution is 2.04. The van der Waals surface area contributed by atoms with E-state index in [9.17, 15) is 9.59 Å². The van der Waals surface area contributed by atoms with Gasteiger partial charge in [-0.25, -0.2) is 5.10 Å².